The van der Waals surface area contributed by atoms with E-state index in [2.05, 4.69) is 4.98 Å². The molecule has 0 unspecified atom stereocenters. The summed E-state index contributed by atoms with van der Waals surface area (Å²) < 4.78 is 25.8. The van der Waals surface area contributed by atoms with E-state index in [1.807, 2.05) is 0 Å². The van der Waals surface area contributed by atoms with Crippen LogP contribution in [0.15, 0.2) is 40.3 Å². The third-order valence-corrected chi connectivity index (χ3v) is 3.33. The van der Waals surface area contributed by atoms with E-state index in [0.717, 1.165) is 23.9 Å². The number of carboxylic acids is 1. The molecule has 0 fully saturated rings. The highest BCUT2D eigenvalue weighted by Gasteiger charge is 2.10. The van der Waals surface area contributed by atoms with E-state index in [1.165, 1.54) is 18.2 Å². The molecule has 0 aliphatic heterocycles. The van der Waals surface area contributed by atoms with E-state index >= 15 is 0 Å². The third-order valence-electron chi connectivity index (χ3n) is 2.40. The van der Waals surface area contributed by atoms with Crippen molar-refractivity contribution in [2.75, 3.05) is 0 Å². The van der Waals surface area contributed by atoms with E-state index < -0.39 is 17.6 Å². The summed E-state index contributed by atoms with van der Waals surface area (Å²) >= 11 is 1.13. The Morgan fingerprint density at radius 1 is 1.21 bits per heavy atom. The number of aromatic nitrogens is 1. The Morgan fingerprint density at radius 2 is 1.95 bits per heavy atom. The largest absolute Gasteiger partial charge is 0.478 e. The summed E-state index contributed by atoms with van der Waals surface area (Å²) in [6.07, 6.45) is 0. The maximum absolute atomic E-state index is 13.0. The van der Waals surface area contributed by atoms with E-state index in [1.54, 1.807) is 6.92 Å². The van der Waals surface area contributed by atoms with E-state index in [4.69, 9.17) is 5.11 Å². The maximum atomic E-state index is 13.0. The fraction of sp³-hybridized carbons (Fsp3) is 0.0769. The van der Waals surface area contributed by atoms with Gasteiger partial charge in [-0.15, -0.1) is 0 Å². The Hall–Kier alpha value is -1.95. The summed E-state index contributed by atoms with van der Waals surface area (Å²) in [4.78, 5) is 15.4. The van der Waals surface area contributed by atoms with Crippen molar-refractivity contribution in [1.29, 1.82) is 0 Å². The average Bonchev–Trinajstić information content (AvgIpc) is 2.33. The molecule has 0 aliphatic rings. The summed E-state index contributed by atoms with van der Waals surface area (Å²) in [5.74, 6) is -2.88. The fourth-order valence-electron chi connectivity index (χ4n) is 1.48. The predicted molar refractivity (Wildman–Crippen MR) is 66.4 cm³/mol. The molecule has 0 amide bonds. The molecule has 1 heterocycles. The summed E-state index contributed by atoms with van der Waals surface area (Å²) in [5, 5.41) is 9.40. The number of hydrogen-bond donors (Lipinski definition) is 1. The highest BCUT2D eigenvalue weighted by Crippen LogP contribution is 2.27. The number of nitrogens with zero attached hydrogens (tertiary/aromatic N) is 1. The Morgan fingerprint density at radius 3 is 2.53 bits per heavy atom. The monoisotopic (exact) mass is 281 g/mol. The van der Waals surface area contributed by atoms with Crippen molar-refractivity contribution in [2.24, 2.45) is 0 Å². The zero-order chi connectivity index (χ0) is 14.0. The van der Waals surface area contributed by atoms with Crippen LogP contribution in [0.2, 0.25) is 0 Å². The van der Waals surface area contributed by atoms with Gasteiger partial charge in [-0.3, -0.25) is 0 Å². The molecule has 6 heteroatoms. The molecule has 0 atom stereocenters. The molecule has 0 radical (unpaired) electrons. The van der Waals surface area contributed by atoms with Crippen LogP contribution in [0.25, 0.3) is 0 Å². The first kappa shape index (κ1) is 13.5. The van der Waals surface area contributed by atoms with Crippen molar-refractivity contribution in [1.82, 2.24) is 4.98 Å². The van der Waals surface area contributed by atoms with Gasteiger partial charge in [0.2, 0.25) is 0 Å². The van der Waals surface area contributed by atoms with Crippen molar-refractivity contribution in [3.8, 4) is 0 Å². The van der Waals surface area contributed by atoms with Crippen LogP contribution in [-0.2, 0) is 0 Å². The Kier molecular flexibility index (Phi) is 3.80. The van der Waals surface area contributed by atoms with Crippen molar-refractivity contribution in [3.63, 3.8) is 0 Å². The van der Waals surface area contributed by atoms with Gasteiger partial charge in [-0.2, -0.15) is 0 Å². The summed E-state index contributed by atoms with van der Waals surface area (Å²) in [6.45, 7) is 1.58. The van der Waals surface area contributed by atoms with Gasteiger partial charge in [0.25, 0.3) is 0 Å². The second kappa shape index (κ2) is 5.36. The molecule has 98 valence electrons. The van der Waals surface area contributed by atoms with Gasteiger partial charge in [0.1, 0.15) is 5.03 Å². The quantitative estimate of drug-likeness (QED) is 0.935. The van der Waals surface area contributed by atoms with E-state index in [-0.39, 0.29) is 5.56 Å². The maximum Gasteiger partial charge on any atom is 0.337 e. The van der Waals surface area contributed by atoms with E-state index in [0.29, 0.717) is 15.6 Å². The minimum absolute atomic E-state index is 0.120. The number of hydrogen-bond acceptors (Lipinski definition) is 3. The first-order valence-electron chi connectivity index (χ1n) is 5.31. The number of aryl methyl sites for hydroxylation is 1. The topological polar surface area (TPSA) is 50.2 Å². The van der Waals surface area contributed by atoms with Crippen LogP contribution in [-0.4, -0.2) is 16.1 Å². The number of pyridine rings is 1. The van der Waals surface area contributed by atoms with Gasteiger partial charge >= 0.3 is 5.97 Å². The first-order chi connectivity index (χ1) is 8.97. The zero-order valence-electron chi connectivity index (χ0n) is 9.85. The number of halogens is 2. The second-order valence-electron chi connectivity index (χ2n) is 3.77. The minimum atomic E-state index is -1.05. The van der Waals surface area contributed by atoms with Crippen molar-refractivity contribution >= 4 is 17.7 Å². The van der Waals surface area contributed by atoms with Gasteiger partial charge in [0.15, 0.2) is 11.6 Å². The number of aromatic carboxylic acids is 1. The molecule has 0 aliphatic carbocycles. The van der Waals surface area contributed by atoms with Gasteiger partial charge < -0.3 is 5.11 Å². The third kappa shape index (κ3) is 3.08. The van der Waals surface area contributed by atoms with Gasteiger partial charge in [0.05, 0.1) is 11.3 Å². The van der Waals surface area contributed by atoms with Crippen molar-refractivity contribution in [2.45, 2.75) is 16.8 Å². The molecular formula is C13H9F2NO2S. The molecule has 0 saturated carbocycles. The standard InChI is InChI=1S/C13H9F2NO2S/c1-7-9(13(17)18)3-5-12(16-7)19-8-2-4-10(14)11(15)6-8/h2-6H,1H3,(H,17,18). The lowest BCUT2D eigenvalue weighted by molar-refractivity contribution is 0.0695. The molecule has 2 aromatic rings. The van der Waals surface area contributed by atoms with Crippen LogP contribution >= 0.6 is 11.8 Å². The Bertz CT molecular complexity index is 647. The van der Waals surface area contributed by atoms with Crippen LogP contribution < -0.4 is 0 Å². The van der Waals surface area contributed by atoms with Crippen LogP contribution in [0.5, 0.6) is 0 Å². The van der Waals surface area contributed by atoms with Gasteiger partial charge in [0, 0.05) is 4.90 Å². The second-order valence-corrected chi connectivity index (χ2v) is 4.86. The van der Waals surface area contributed by atoms with Gasteiger partial charge in [-0.25, -0.2) is 18.6 Å². The normalized spacial score (nSPS) is 10.5. The van der Waals surface area contributed by atoms with Crippen LogP contribution in [0, 0.1) is 18.6 Å². The number of rotatable bonds is 3. The number of carbonyl (C=O) groups is 1. The lowest BCUT2D eigenvalue weighted by atomic mass is 10.2. The van der Waals surface area contributed by atoms with Crippen molar-refractivity contribution < 1.29 is 18.7 Å². The smallest absolute Gasteiger partial charge is 0.337 e. The van der Waals surface area contributed by atoms with Crippen molar-refractivity contribution in [3.05, 3.63) is 53.2 Å². The Balaban J connectivity index is 2.26. The Labute approximate surface area is 112 Å². The van der Waals surface area contributed by atoms with Gasteiger partial charge in [-0.05, 0) is 37.3 Å². The molecule has 2 rings (SSSR count). The number of benzene rings is 1. The molecule has 1 N–H and O–H groups in total. The predicted octanol–water partition coefficient (Wildman–Crippen LogP) is 3.52. The molecule has 1 aromatic carbocycles. The molecule has 1 aromatic heterocycles. The summed E-state index contributed by atoms with van der Waals surface area (Å²) in [6, 6.07) is 6.51. The fourth-order valence-corrected chi connectivity index (χ4v) is 2.34. The lowest BCUT2D eigenvalue weighted by Gasteiger charge is -2.04. The lowest BCUT2D eigenvalue weighted by Crippen LogP contribution is -2.01. The highest BCUT2D eigenvalue weighted by atomic mass is 32.2. The van der Waals surface area contributed by atoms with Gasteiger partial charge in [-0.1, -0.05) is 11.8 Å². The first-order valence-corrected chi connectivity index (χ1v) is 6.13. The van der Waals surface area contributed by atoms with Crippen LogP contribution in [0.3, 0.4) is 0 Å². The number of carboxylic acid groups (broad SMARTS) is 1. The minimum Gasteiger partial charge on any atom is -0.478 e. The highest BCUT2D eigenvalue weighted by molar-refractivity contribution is 7.99. The molecule has 19 heavy (non-hydrogen) atoms. The summed E-state index contributed by atoms with van der Waals surface area (Å²) in [7, 11) is 0. The molecule has 0 spiro atoms. The van der Waals surface area contributed by atoms with Crippen LogP contribution in [0.1, 0.15) is 16.1 Å². The van der Waals surface area contributed by atoms with E-state index in [9.17, 15) is 13.6 Å². The SMILES string of the molecule is Cc1nc(Sc2ccc(F)c(F)c2)ccc1C(=O)O. The average molecular weight is 281 g/mol. The molecule has 0 bridgehead atoms. The summed E-state index contributed by atoms with van der Waals surface area (Å²) in [5.41, 5.74) is 0.495. The molecule has 0 saturated heterocycles. The zero-order valence-corrected chi connectivity index (χ0v) is 10.7. The van der Waals surface area contributed by atoms with Crippen LogP contribution in [0.4, 0.5) is 8.78 Å². The molecular weight excluding hydrogens is 272 g/mol. The molecule has 3 nitrogen and oxygen atoms in total.